The number of nitrogens with zero attached hydrogens (tertiary/aromatic N) is 2. The molecule has 5 heteroatoms. The highest BCUT2D eigenvalue weighted by Crippen LogP contribution is 2.22. The maximum absolute atomic E-state index is 12.3. The Kier molecular flexibility index (Phi) is 4.97. The third-order valence-corrected chi connectivity index (χ3v) is 4.18. The number of rotatable bonds is 2. The molecule has 0 aromatic heterocycles. The molecule has 3 N–H and O–H groups in total. The Morgan fingerprint density at radius 1 is 1.11 bits per heavy atom. The first kappa shape index (κ1) is 13.8. The number of carbonyl (C=O) groups is 1. The summed E-state index contributed by atoms with van der Waals surface area (Å²) in [5, 5.41) is 2.04. The number of carbonyl (C=O) groups excluding carboxylic acids is 1. The maximum atomic E-state index is 12.3. The maximum Gasteiger partial charge on any atom is 0.238 e. The van der Waals surface area contributed by atoms with Crippen LogP contribution in [0.1, 0.15) is 32.1 Å². The van der Waals surface area contributed by atoms with E-state index in [4.69, 9.17) is 5.73 Å². The summed E-state index contributed by atoms with van der Waals surface area (Å²) in [6.07, 6.45) is 5.45. The van der Waals surface area contributed by atoms with Gasteiger partial charge in [-0.25, -0.2) is 5.01 Å². The monoisotopic (exact) mass is 254 g/mol. The Morgan fingerprint density at radius 3 is 2.50 bits per heavy atom. The summed E-state index contributed by atoms with van der Waals surface area (Å²) in [6.45, 7) is 3.84. The first-order chi connectivity index (χ1) is 8.66. The third kappa shape index (κ3) is 3.67. The lowest BCUT2D eigenvalue weighted by Gasteiger charge is -2.33. The largest absolute Gasteiger partial charge is 0.327 e. The van der Waals surface area contributed by atoms with Crippen molar-refractivity contribution in [3.8, 4) is 0 Å². The molecular formula is C13H26N4O. The van der Waals surface area contributed by atoms with Gasteiger partial charge in [0.1, 0.15) is 0 Å². The van der Waals surface area contributed by atoms with Gasteiger partial charge in [0.2, 0.25) is 5.91 Å². The minimum atomic E-state index is 0.00663. The van der Waals surface area contributed by atoms with E-state index in [1.54, 1.807) is 0 Å². The van der Waals surface area contributed by atoms with Crippen LogP contribution in [0.4, 0.5) is 0 Å². The van der Waals surface area contributed by atoms with Gasteiger partial charge in [0.15, 0.2) is 0 Å². The van der Waals surface area contributed by atoms with E-state index in [1.807, 2.05) is 5.01 Å². The number of likely N-dealkylation sites (N-methyl/N-ethyl adjacent to an activating group) is 1. The van der Waals surface area contributed by atoms with E-state index < -0.39 is 0 Å². The average molecular weight is 254 g/mol. The number of amides is 1. The molecule has 1 aliphatic heterocycles. The number of nitrogens with two attached hydrogens (primary N) is 1. The van der Waals surface area contributed by atoms with Crippen molar-refractivity contribution < 1.29 is 4.79 Å². The highest BCUT2D eigenvalue weighted by molar-refractivity contribution is 5.78. The smallest absolute Gasteiger partial charge is 0.238 e. The predicted molar refractivity (Wildman–Crippen MR) is 71.8 cm³/mol. The van der Waals surface area contributed by atoms with Crippen molar-refractivity contribution in [3.05, 3.63) is 0 Å². The van der Waals surface area contributed by atoms with Gasteiger partial charge < -0.3 is 10.6 Å². The van der Waals surface area contributed by atoms with Crippen molar-refractivity contribution in [3.63, 3.8) is 0 Å². The Balaban J connectivity index is 1.82. The van der Waals surface area contributed by atoms with E-state index in [1.165, 1.54) is 12.8 Å². The van der Waals surface area contributed by atoms with Crippen LogP contribution in [0.25, 0.3) is 0 Å². The number of nitrogens with one attached hydrogen (secondary N) is 1. The Hall–Kier alpha value is -0.650. The fraction of sp³-hybridized carbons (Fsp3) is 0.923. The van der Waals surface area contributed by atoms with Crippen molar-refractivity contribution in [1.29, 1.82) is 0 Å². The molecule has 1 heterocycles. The summed E-state index contributed by atoms with van der Waals surface area (Å²) in [7, 11) is 2.11. The van der Waals surface area contributed by atoms with E-state index in [2.05, 4.69) is 17.4 Å². The second-order valence-corrected chi connectivity index (χ2v) is 5.67. The summed E-state index contributed by atoms with van der Waals surface area (Å²) in [5.41, 5.74) is 9.17. The SMILES string of the molecule is CN1CCN(NC(=O)C2CCCCCC2N)CC1. The zero-order valence-corrected chi connectivity index (χ0v) is 11.4. The zero-order chi connectivity index (χ0) is 13.0. The molecule has 1 amide bonds. The highest BCUT2D eigenvalue weighted by Gasteiger charge is 2.28. The van der Waals surface area contributed by atoms with E-state index in [0.717, 1.165) is 45.4 Å². The molecule has 5 nitrogen and oxygen atoms in total. The summed E-state index contributed by atoms with van der Waals surface area (Å²) >= 11 is 0. The molecule has 0 bridgehead atoms. The lowest BCUT2D eigenvalue weighted by Crippen LogP contribution is -2.55. The quantitative estimate of drug-likeness (QED) is 0.690. The lowest BCUT2D eigenvalue weighted by molar-refractivity contribution is -0.131. The van der Waals surface area contributed by atoms with Gasteiger partial charge in [-0.05, 0) is 19.9 Å². The molecule has 2 atom stereocenters. The van der Waals surface area contributed by atoms with Crippen molar-refractivity contribution in [2.45, 2.75) is 38.1 Å². The molecule has 2 rings (SSSR count). The first-order valence-electron chi connectivity index (χ1n) is 7.16. The number of hydrazine groups is 1. The van der Waals surface area contributed by atoms with Gasteiger partial charge in [0.25, 0.3) is 0 Å². The van der Waals surface area contributed by atoms with Crippen molar-refractivity contribution >= 4 is 5.91 Å². The van der Waals surface area contributed by atoms with E-state index in [0.29, 0.717) is 0 Å². The molecule has 2 aliphatic rings. The topological polar surface area (TPSA) is 61.6 Å². The third-order valence-electron chi connectivity index (χ3n) is 4.18. The van der Waals surface area contributed by atoms with Crippen LogP contribution in [0.2, 0.25) is 0 Å². The molecule has 1 saturated carbocycles. The molecule has 2 unspecified atom stereocenters. The summed E-state index contributed by atoms with van der Waals surface area (Å²) in [5.74, 6) is 0.140. The van der Waals surface area contributed by atoms with Crippen molar-refractivity contribution in [1.82, 2.24) is 15.3 Å². The molecular weight excluding hydrogens is 228 g/mol. The minimum absolute atomic E-state index is 0.00663. The Labute approximate surface area is 110 Å². The fourth-order valence-corrected chi connectivity index (χ4v) is 2.82. The van der Waals surface area contributed by atoms with Crippen LogP contribution in [0.5, 0.6) is 0 Å². The molecule has 1 aliphatic carbocycles. The van der Waals surface area contributed by atoms with Crippen molar-refractivity contribution in [2.24, 2.45) is 11.7 Å². The van der Waals surface area contributed by atoms with E-state index in [-0.39, 0.29) is 17.9 Å². The van der Waals surface area contributed by atoms with Gasteiger partial charge in [-0.3, -0.25) is 10.2 Å². The van der Waals surface area contributed by atoms with E-state index >= 15 is 0 Å². The fourth-order valence-electron chi connectivity index (χ4n) is 2.82. The first-order valence-corrected chi connectivity index (χ1v) is 7.16. The zero-order valence-electron chi connectivity index (χ0n) is 11.4. The van der Waals surface area contributed by atoms with Gasteiger partial charge in [-0.15, -0.1) is 0 Å². The number of hydrogen-bond acceptors (Lipinski definition) is 4. The Bertz CT molecular complexity index is 276. The van der Waals surface area contributed by atoms with Gasteiger partial charge in [-0.2, -0.15) is 0 Å². The number of piperazine rings is 1. The molecule has 0 aromatic rings. The minimum Gasteiger partial charge on any atom is -0.327 e. The molecule has 18 heavy (non-hydrogen) atoms. The van der Waals surface area contributed by atoms with Crippen LogP contribution in [0.15, 0.2) is 0 Å². The van der Waals surface area contributed by atoms with Gasteiger partial charge in [-0.1, -0.05) is 19.3 Å². The van der Waals surface area contributed by atoms with Crippen LogP contribution in [-0.4, -0.2) is 55.1 Å². The van der Waals surface area contributed by atoms with Crippen LogP contribution in [0, 0.1) is 5.92 Å². The van der Waals surface area contributed by atoms with Crippen LogP contribution in [-0.2, 0) is 4.79 Å². The summed E-state index contributed by atoms with van der Waals surface area (Å²) in [4.78, 5) is 14.5. The van der Waals surface area contributed by atoms with Crippen LogP contribution < -0.4 is 11.2 Å². The van der Waals surface area contributed by atoms with Gasteiger partial charge >= 0.3 is 0 Å². The molecule has 1 saturated heterocycles. The lowest BCUT2D eigenvalue weighted by atomic mass is 9.95. The number of hydrogen-bond donors (Lipinski definition) is 2. The molecule has 104 valence electrons. The second-order valence-electron chi connectivity index (χ2n) is 5.67. The average Bonchev–Trinajstić information content (AvgIpc) is 2.57. The van der Waals surface area contributed by atoms with Gasteiger partial charge in [0, 0.05) is 32.2 Å². The normalized spacial score (nSPS) is 31.9. The van der Waals surface area contributed by atoms with Crippen molar-refractivity contribution in [2.75, 3.05) is 33.2 Å². The Morgan fingerprint density at radius 2 is 1.78 bits per heavy atom. The molecule has 2 fully saturated rings. The van der Waals surface area contributed by atoms with E-state index in [9.17, 15) is 4.79 Å². The summed E-state index contributed by atoms with van der Waals surface area (Å²) in [6, 6.07) is 0.0416. The molecule has 0 spiro atoms. The molecule has 0 radical (unpaired) electrons. The van der Waals surface area contributed by atoms with Gasteiger partial charge in [0.05, 0.1) is 5.92 Å². The highest BCUT2D eigenvalue weighted by atomic mass is 16.2. The standard InChI is InChI=1S/C13H26N4O/c1-16-7-9-17(10-8-16)15-13(18)11-5-3-2-4-6-12(11)14/h11-12H,2-10,14H2,1H3,(H,15,18). The predicted octanol–water partition coefficient (Wildman–Crippen LogP) is 0.173. The van der Waals surface area contributed by atoms with Crippen LogP contribution >= 0.6 is 0 Å². The molecule has 0 aromatic carbocycles. The summed E-state index contributed by atoms with van der Waals surface area (Å²) < 4.78 is 0. The second kappa shape index (κ2) is 6.50. The van der Waals surface area contributed by atoms with Crippen LogP contribution in [0.3, 0.4) is 0 Å².